The monoisotopic (exact) mass is 270 g/mol. The Morgan fingerprint density at radius 2 is 1.65 bits per heavy atom. The highest BCUT2D eigenvalue weighted by atomic mass is 19.1. The molecule has 2 nitrogen and oxygen atoms in total. The van der Waals surface area contributed by atoms with Crippen LogP contribution in [0.3, 0.4) is 0 Å². The van der Waals surface area contributed by atoms with Gasteiger partial charge < -0.3 is 10.6 Å². The first-order valence-corrected chi connectivity index (χ1v) is 7.08. The molecule has 0 radical (unpaired) electrons. The first-order valence-electron chi connectivity index (χ1n) is 7.08. The zero-order chi connectivity index (χ0) is 13.9. The van der Waals surface area contributed by atoms with E-state index in [2.05, 4.69) is 29.2 Å². The highest BCUT2D eigenvalue weighted by Gasteiger charge is 2.16. The van der Waals surface area contributed by atoms with Crippen molar-refractivity contribution < 1.29 is 4.39 Å². The van der Waals surface area contributed by atoms with Crippen LogP contribution in [0, 0.1) is 5.82 Å². The molecule has 0 atom stereocenters. The third kappa shape index (κ3) is 2.54. The zero-order valence-corrected chi connectivity index (χ0v) is 11.5. The molecule has 2 aromatic carbocycles. The van der Waals surface area contributed by atoms with E-state index in [1.165, 1.54) is 17.2 Å². The second kappa shape index (κ2) is 5.63. The van der Waals surface area contributed by atoms with Crippen molar-refractivity contribution in [3.8, 4) is 0 Å². The Balaban J connectivity index is 1.87. The molecule has 1 aliphatic rings. The minimum absolute atomic E-state index is 0.215. The number of nitrogens with two attached hydrogens (primary N) is 1. The Labute approximate surface area is 119 Å². The topological polar surface area (TPSA) is 29.3 Å². The van der Waals surface area contributed by atoms with Crippen LogP contribution >= 0.6 is 0 Å². The lowest BCUT2D eigenvalue weighted by atomic mass is 10.0. The van der Waals surface area contributed by atoms with Crippen molar-refractivity contribution in [3.63, 3.8) is 0 Å². The van der Waals surface area contributed by atoms with Gasteiger partial charge in [0, 0.05) is 25.3 Å². The maximum absolute atomic E-state index is 13.3. The predicted octanol–water partition coefficient (Wildman–Crippen LogP) is 2.89. The summed E-state index contributed by atoms with van der Waals surface area (Å²) in [6.45, 7) is 2.28. The molecule has 3 heteroatoms. The van der Waals surface area contributed by atoms with E-state index in [9.17, 15) is 4.39 Å². The minimum Gasteiger partial charge on any atom is -0.371 e. The molecular weight excluding hydrogens is 251 g/mol. The summed E-state index contributed by atoms with van der Waals surface area (Å²) in [5, 5.41) is 0. The van der Waals surface area contributed by atoms with Crippen molar-refractivity contribution in [2.45, 2.75) is 19.4 Å². The fourth-order valence-electron chi connectivity index (χ4n) is 2.93. The van der Waals surface area contributed by atoms with Crippen LogP contribution in [0.5, 0.6) is 0 Å². The van der Waals surface area contributed by atoms with E-state index in [-0.39, 0.29) is 5.82 Å². The van der Waals surface area contributed by atoms with Crippen molar-refractivity contribution in [2.24, 2.45) is 5.73 Å². The molecule has 2 N–H and O–H groups in total. The number of nitrogens with zero attached hydrogens (tertiary/aromatic N) is 1. The zero-order valence-electron chi connectivity index (χ0n) is 11.5. The third-order valence-electron chi connectivity index (χ3n) is 4.02. The molecule has 1 aliphatic heterocycles. The average Bonchev–Trinajstić information content (AvgIpc) is 2.70. The van der Waals surface area contributed by atoms with Crippen LogP contribution in [0.15, 0.2) is 42.5 Å². The molecule has 0 amide bonds. The highest BCUT2D eigenvalue weighted by Crippen LogP contribution is 2.25. The number of hydrogen-bond acceptors (Lipinski definition) is 2. The smallest absolute Gasteiger partial charge is 0.123 e. The Bertz CT molecular complexity index is 583. The molecular formula is C17H19FN2. The van der Waals surface area contributed by atoms with Crippen molar-refractivity contribution in [2.75, 3.05) is 18.0 Å². The summed E-state index contributed by atoms with van der Waals surface area (Å²) in [6.07, 6.45) is 2.05. The first-order chi connectivity index (χ1) is 9.78. The van der Waals surface area contributed by atoms with Gasteiger partial charge in [0.25, 0.3) is 0 Å². The number of halogens is 1. The van der Waals surface area contributed by atoms with Crippen LogP contribution in [0.25, 0.3) is 0 Å². The normalized spacial score (nSPS) is 14.8. The molecule has 0 saturated heterocycles. The van der Waals surface area contributed by atoms with Crippen LogP contribution in [0.1, 0.15) is 16.7 Å². The van der Waals surface area contributed by atoms with Gasteiger partial charge in [-0.2, -0.15) is 0 Å². The molecule has 0 fully saturated rings. The molecule has 1 heterocycles. The quantitative estimate of drug-likeness (QED) is 0.909. The van der Waals surface area contributed by atoms with E-state index in [1.807, 2.05) is 6.07 Å². The van der Waals surface area contributed by atoms with Gasteiger partial charge in [-0.15, -0.1) is 0 Å². The van der Waals surface area contributed by atoms with Crippen LogP contribution < -0.4 is 10.6 Å². The van der Waals surface area contributed by atoms with E-state index in [0.717, 1.165) is 37.2 Å². The second-order valence-corrected chi connectivity index (χ2v) is 5.23. The Kier molecular flexibility index (Phi) is 3.70. The van der Waals surface area contributed by atoms with E-state index in [1.54, 1.807) is 6.07 Å². The standard InChI is InChI=1S/C17H19FN2/c18-16-5-6-17(15(11-16)12-19)20-9-7-13-3-1-2-4-14(13)8-10-20/h1-6,11H,7-10,12,19H2. The van der Waals surface area contributed by atoms with Gasteiger partial charge in [0.2, 0.25) is 0 Å². The van der Waals surface area contributed by atoms with E-state index >= 15 is 0 Å². The lowest BCUT2D eigenvalue weighted by Gasteiger charge is -2.25. The SMILES string of the molecule is NCc1cc(F)ccc1N1CCc2ccccc2CC1. The highest BCUT2D eigenvalue weighted by molar-refractivity contribution is 5.54. The maximum Gasteiger partial charge on any atom is 0.123 e. The Morgan fingerprint density at radius 1 is 1.00 bits per heavy atom. The Hall–Kier alpha value is -1.87. The molecule has 0 saturated carbocycles. The summed E-state index contributed by atoms with van der Waals surface area (Å²) in [5.74, 6) is -0.215. The largest absolute Gasteiger partial charge is 0.371 e. The number of anilines is 1. The van der Waals surface area contributed by atoms with Gasteiger partial charge in [-0.3, -0.25) is 0 Å². The fraction of sp³-hybridized carbons (Fsp3) is 0.294. The van der Waals surface area contributed by atoms with Gasteiger partial charge in [0.15, 0.2) is 0 Å². The maximum atomic E-state index is 13.3. The van der Waals surface area contributed by atoms with Crippen molar-refractivity contribution >= 4 is 5.69 Å². The summed E-state index contributed by atoms with van der Waals surface area (Å²) >= 11 is 0. The van der Waals surface area contributed by atoms with Gasteiger partial charge in [-0.1, -0.05) is 24.3 Å². The average molecular weight is 270 g/mol. The number of benzene rings is 2. The van der Waals surface area contributed by atoms with E-state index in [4.69, 9.17) is 5.73 Å². The summed E-state index contributed by atoms with van der Waals surface area (Å²) in [6, 6.07) is 13.5. The number of hydrogen-bond donors (Lipinski definition) is 1. The molecule has 0 aliphatic carbocycles. The summed E-state index contributed by atoms with van der Waals surface area (Å²) < 4.78 is 13.3. The fourth-order valence-corrected chi connectivity index (χ4v) is 2.93. The van der Waals surface area contributed by atoms with Gasteiger partial charge in [-0.05, 0) is 47.7 Å². The van der Waals surface area contributed by atoms with Crippen LogP contribution in [0.2, 0.25) is 0 Å². The van der Waals surface area contributed by atoms with Crippen LogP contribution in [-0.2, 0) is 19.4 Å². The Morgan fingerprint density at radius 3 is 2.25 bits per heavy atom. The van der Waals surface area contributed by atoms with Crippen molar-refractivity contribution in [1.82, 2.24) is 0 Å². The lowest BCUT2D eigenvalue weighted by Crippen LogP contribution is -2.27. The van der Waals surface area contributed by atoms with Gasteiger partial charge >= 0.3 is 0 Å². The minimum atomic E-state index is -0.215. The lowest BCUT2D eigenvalue weighted by molar-refractivity contribution is 0.624. The molecule has 2 aromatic rings. The molecule has 104 valence electrons. The van der Waals surface area contributed by atoms with E-state index in [0.29, 0.717) is 6.54 Å². The predicted molar refractivity (Wildman–Crippen MR) is 80.4 cm³/mol. The van der Waals surface area contributed by atoms with Gasteiger partial charge in [0.05, 0.1) is 0 Å². The van der Waals surface area contributed by atoms with Gasteiger partial charge in [-0.25, -0.2) is 4.39 Å². The van der Waals surface area contributed by atoms with Gasteiger partial charge in [0.1, 0.15) is 5.82 Å². The first kappa shape index (κ1) is 13.1. The molecule has 0 spiro atoms. The number of rotatable bonds is 2. The number of fused-ring (bicyclic) bond motifs is 1. The van der Waals surface area contributed by atoms with Crippen molar-refractivity contribution in [3.05, 3.63) is 65.0 Å². The summed E-state index contributed by atoms with van der Waals surface area (Å²) in [7, 11) is 0. The summed E-state index contributed by atoms with van der Waals surface area (Å²) in [5.41, 5.74) is 10.6. The third-order valence-corrected chi connectivity index (χ3v) is 4.02. The molecule has 20 heavy (non-hydrogen) atoms. The molecule has 0 aromatic heterocycles. The molecule has 0 bridgehead atoms. The van der Waals surface area contributed by atoms with Crippen LogP contribution in [-0.4, -0.2) is 13.1 Å². The molecule has 3 rings (SSSR count). The second-order valence-electron chi connectivity index (χ2n) is 5.23. The summed E-state index contributed by atoms with van der Waals surface area (Å²) in [4.78, 5) is 2.32. The molecule has 0 unspecified atom stereocenters. The van der Waals surface area contributed by atoms with E-state index < -0.39 is 0 Å². The van der Waals surface area contributed by atoms with Crippen LogP contribution in [0.4, 0.5) is 10.1 Å². The van der Waals surface area contributed by atoms with Crippen molar-refractivity contribution in [1.29, 1.82) is 0 Å².